The van der Waals surface area contributed by atoms with E-state index in [2.05, 4.69) is 5.73 Å². The quantitative estimate of drug-likeness (QED) is 0.376. The maximum absolute atomic E-state index is 11.2. The third-order valence-corrected chi connectivity index (χ3v) is 2.27. The van der Waals surface area contributed by atoms with Crippen LogP contribution in [0.25, 0.3) is 0 Å². The van der Waals surface area contributed by atoms with Gasteiger partial charge in [0.2, 0.25) is 0 Å². The van der Waals surface area contributed by atoms with Gasteiger partial charge in [-0.2, -0.15) is 0 Å². The number of nitro benzene ring substituents is 1. The molecule has 1 unspecified atom stereocenters. The maximum atomic E-state index is 11.2. The van der Waals surface area contributed by atoms with Crippen LogP contribution in [0.2, 0.25) is 0 Å². The number of esters is 1. The zero-order chi connectivity index (χ0) is 12.8. The molecule has 0 saturated heterocycles. The van der Waals surface area contributed by atoms with Crippen LogP contribution < -0.4 is 18.1 Å². The molecule has 0 saturated carbocycles. The smallest absolute Gasteiger partial charge is 0.312 e. The fourth-order valence-electron chi connectivity index (χ4n) is 1.43. The fourth-order valence-corrected chi connectivity index (χ4v) is 1.43. The molecule has 1 aromatic rings. The van der Waals surface area contributed by atoms with Gasteiger partial charge in [0.05, 0.1) is 11.5 Å². The molecule has 0 spiro atoms. The van der Waals surface area contributed by atoms with Gasteiger partial charge in [0.25, 0.3) is 5.69 Å². The van der Waals surface area contributed by atoms with Crippen molar-refractivity contribution in [2.75, 3.05) is 6.61 Å². The molecule has 1 rings (SSSR count). The Morgan fingerprint density at radius 2 is 2.22 bits per heavy atom. The van der Waals surface area contributed by atoms with Gasteiger partial charge < -0.3 is 22.9 Å². The number of hydrogen-bond donors (Lipinski definition) is 1. The van der Waals surface area contributed by atoms with Crippen molar-refractivity contribution in [3.8, 4) is 0 Å². The summed E-state index contributed by atoms with van der Waals surface area (Å²) in [7, 11) is 0. The predicted molar refractivity (Wildman–Crippen MR) is 60.0 cm³/mol. The van der Waals surface area contributed by atoms with Crippen LogP contribution in [-0.2, 0) is 9.53 Å². The van der Waals surface area contributed by atoms with E-state index in [0.29, 0.717) is 12.2 Å². The van der Waals surface area contributed by atoms with E-state index < -0.39 is 4.92 Å². The Kier molecular flexibility index (Phi) is 6.92. The molecular weight excluding hydrogens is 260 g/mol. The first-order valence-corrected chi connectivity index (χ1v) is 5.27. The number of nitrogens with zero attached hydrogens (tertiary/aromatic N) is 1. The van der Waals surface area contributed by atoms with Gasteiger partial charge in [0.15, 0.2) is 0 Å². The van der Waals surface area contributed by atoms with Gasteiger partial charge in [-0.3, -0.25) is 14.9 Å². The average Bonchev–Trinajstić information content (AvgIpc) is 2.29. The van der Waals surface area contributed by atoms with E-state index in [-0.39, 0.29) is 36.5 Å². The Labute approximate surface area is 111 Å². The van der Waals surface area contributed by atoms with E-state index in [1.54, 1.807) is 19.1 Å². The molecule has 0 amide bonds. The highest BCUT2D eigenvalue weighted by molar-refractivity contribution is 5.70. The van der Waals surface area contributed by atoms with Crippen LogP contribution in [0.1, 0.15) is 24.9 Å². The minimum Gasteiger partial charge on any atom is -1.00 e. The van der Waals surface area contributed by atoms with E-state index in [4.69, 9.17) is 4.74 Å². The molecular formula is C11H15ClN2O4. The minimum atomic E-state index is -0.472. The second-order valence-corrected chi connectivity index (χ2v) is 3.56. The van der Waals surface area contributed by atoms with Crippen molar-refractivity contribution in [2.45, 2.75) is 19.4 Å². The van der Waals surface area contributed by atoms with E-state index >= 15 is 0 Å². The van der Waals surface area contributed by atoms with E-state index in [0.717, 1.165) is 0 Å². The molecule has 3 N–H and O–H groups in total. The topological polar surface area (TPSA) is 97.1 Å². The summed E-state index contributed by atoms with van der Waals surface area (Å²) in [5.41, 5.74) is 4.47. The lowest BCUT2D eigenvalue weighted by atomic mass is 10.0. The van der Waals surface area contributed by atoms with Gasteiger partial charge in [-0.25, -0.2) is 0 Å². The van der Waals surface area contributed by atoms with Gasteiger partial charge in [-0.15, -0.1) is 0 Å². The van der Waals surface area contributed by atoms with Crippen LogP contribution in [0.4, 0.5) is 5.69 Å². The molecule has 100 valence electrons. The van der Waals surface area contributed by atoms with Gasteiger partial charge in [-0.1, -0.05) is 12.1 Å². The SMILES string of the molecule is CCOC(=O)CC([NH3+])c1cccc([N+](=O)[O-])c1.[Cl-]. The highest BCUT2D eigenvalue weighted by Gasteiger charge is 2.18. The second kappa shape index (κ2) is 7.62. The molecule has 7 heteroatoms. The van der Waals surface area contributed by atoms with Crippen LogP contribution in [0.5, 0.6) is 0 Å². The van der Waals surface area contributed by atoms with Crippen LogP contribution >= 0.6 is 0 Å². The third-order valence-electron chi connectivity index (χ3n) is 2.27. The lowest BCUT2D eigenvalue weighted by molar-refractivity contribution is -0.426. The number of rotatable bonds is 5. The van der Waals surface area contributed by atoms with E-state index in [1.807, 2.05) is 0 Å². The lowest BCUT2D eigenvalue weighted by Gasteiger charge is -2.07. The Morgan fingerprint density at radius 3 is 2.78 bits per heavy atom. The highest BCUT2D eigenvalue weighted by Crippen LogP contribution is 2.18. The summed E-state index contributed by atoms with van der Waals surface area (Å²) < 4.78 is 4.80. The molecule has 0 aliphatic rings. The number of carbonyl (C=O) groups excluding carboxylic acids is 1. The van der Waals surface area contributed by atoms with Gasteiger partial charge >= 0.3 is 5.97 Å². The lowest BCUT2D eigenvalue weighted by Crippen LogP contribution is -3.00. The van der Waals surface area contributed by atoms with Crippen molar-refractivity contribution in [3.63, 3.8) is 0 Å². The van der Waals surface area contributed by atoms with Crippen LogP contribution in [0.3, 0.4) is 0 Å². The third kappa shape index (κ3) is 4.68. The predicted octanol–water partition coefficient (Wildman–Crippen LogP) is -2.16. The van der Waals surface area contributed by atoms with Crippen molar-refractivity contribution in [2.24, 2.45) is 0 Å². The normalized spacial score (nSPS) is 11.2. The number of benzene rings is 1. The molecule has 0 radical (unpaired) electrons. The standard InChI is InChI=1S/C11H14N2O4.ClH/c1-2-17-11(14)7-10(12)8-4-3-5-9(6-8)13(15)16;/h3-6,10H,2,7,12H2,1H3;1H. The number of quaternary nitrogens is 1. The molecule has 1 atom stereocenters. The molecule has 0 bridgehead atoms. The summed E-state index contributed by atoms with van der Waals surface area (Å²) in [6.07, 6.45) is 0.120. The summed E-state index contributed by atoms with van der Waals surface area (Å²) in [4.78, 5) is 21.4. The Bertz CT molecular complexity index is 425. The molecule has 0 aliphatic heterocycles. The van der Waals surface area contributed by atoms with Crippen molar-refractivity contribution < 1.29 is 32.6 Å². The van der Waals surface area contributed by atoms with Crippen LogP contribution in [-0.4, -0.2) is 17.5 Å². The number of ether oxygens (including phenoxy) is 1. The van der Waals surface area contributed by atoms with Crippen molar-refractivity contribution in [1.82, 2.24) is 0 Å². The van der Waals surface area contributed by atoms with Crippen LogP contribution in [0, 0.1) is 10.1 Å². The van der Waals surface area contributed by atoms with Crippen molar-refractivity contribution in [1.29, 1.82) is 0 Å². The molecule has 0 aromatic heterocycles. The first-order chi connectivity index (χ1) is 8.04. The molecule has 0 fully saturated rings. The first-order valence-electron chi connectivity index (χ1n) is 5.27. The zero-order valence-corrected chi connectivity index (χ0v) is 10.7. The summed E-state index contributed by atoms with van der Waals surface area (Å²) in [6, 6.07) is 5.78. The molecule has 0 heterocycles. The molecule has 1 aromatic carbocycles. The summed E-state index contributed by atoms with van der Waals surface area (Å²) in [5.74, 6) is -0.348. The zero-order valence-electron chi connectivity index (χ0n) is 9.97. The van der Waals surface area contributed by atoms with Crippen molar-refractivity contribution >= 4 is 11.7 Å². The largest absolute Gasteiger partial charge is 1.00 e. The maximum Gasteiger partial charge on any atom is 0.312 e. The Balaban J connectivity index is 0.00000289. The number of nitro groups is 1. The molecule has 6 nitrogen and oxygen atoms in total. The summed E-state index contributed by atoms with van der Waals surface area (Å²) in [6.45, 7) is 2.05. The van der Waals surface area contributed by atoms with E-state index in [1.165, 1.54) is 12.1 Å². The number of halogens is 1. The first kappa shape index (κ1) is 16.3. The fraction of sp³-hybridized carbons (Fsp3) is 0.364. The van der Waals surface area contributed by atoms with Gasteiger partial charge in [0, 0.05) is 17.7 Å². The van der Waals surface area contributed by atoms with Gasteiger partial charge in [0.1, 0.15) is 12.5 Å². The Morgan fingerprint density at radius 1 is 1.56 bits per heavy atom. The number of carbonyl (C=O) groups is 1. The minimum absolute atomic E-state index is 0. The summed E-state index contributed by atoms with van der Waals surface area (Å²) in [5, 5.41) is 10.6. The average molecular weight is 275 g/mol. The monoisotopic (exact) mass is 274 g/mol. The van der Waals surface area contributed by atoms with E-state index in [9.17, 15) is 14.9 Å². The molecule has 0 aliphatic carbocycles. The highest BCUT2D eigenvalue weighted by atomic mass is 35.5. The second-order valence-electron chi connectivity index (χ2n) is 3.56. The van der Waals surface area contributed by atoms with Gasteiger partial charge in [-0.05, 0) is 6.92 Å². The number of hydrogen-bond acceptors (Lipinski definition) is 4. The number of non-ortho nitro benzene ring substituents is 1. The Hall–Kier alpha value is -1.66. The summed E-state index contributed by atoms with van der Waals surface area (Å²) >= 11 is 0. The molecule has 18 heavy (non-hydrogen) atoms. The van der Waals surface area contributed by atoms with Crippen molar-refractivity contribution in [3.05, 3.63) is 39.9 Å². The van der Waals surface area contributed by atoms with Crippen LogP contribution in [0.15, 0.2) is 24.3 Å².